The molecule has 0 fully saturated rings. The Hall–Kier alpha value is -1.19. The van der Waals surface area contributed by atoms with Crippen molar-refractivity contribution in [3.63, 3.8) is 0 Å². The molecule has 4 nitrogen and oxygen atoms in total. The Bertz CT molecular complexity index is 258. The monoisotopic (exact) mass is 228 g/mol. The summed E-state index contributed by atoms with van der Waals surface area (Å²) in [6.07, 6.45) is 2.92. The van der Waals surface area contributed by atoms with Gasteiger partial charge in [-0.3, -0.25) is 14.4 Å². The maximum atomic E-state index is 11.7. The topological polar surface area (TPSA) is 60.4 Å². The van der Waals surface area contributed by atoms with Gasteiger partial charge in [-0.1, -0.05) is 19.8 Å². The van der Waals surface area contributed by atoms with Gasteiger partial charge in [-0.25, -0.2) is 0 Å². The van der Waals surface area contributed by atoms with Crippen molar-refractivity contribution in [2.75, 3.05) is 6.61 Å². The van der Waals surface area contributed by atoms with Crippen LogP contribution in [0.15, 0.2) is 0 Å². The van der Waals surface area contributed by atoms with E-state index < -0.39 is 17.7 Å². The molecule has 0 radical (unpaired) electrons. The van der Waals surface area contributed by atoms with E-state index in [0.29, 0.717) is 0 Å². The highest BCUT2D eigenvalue weighted by Crippen LogP contribution is 2.10. The predicted octanol–water partition coefficient (Wildman–Crippen LogP) is 1.90. The molecule has 1 atom stereocenters. The van der Waals surface area contributed by atoms with Crippen molar-refractivity contribution in [1.29, 1.82) is 0 Å². The van der Waals surface area contributed by atoms with Crippen LogP contribution < -0.4 is 0 Å². The highest BCUT2D eigenvalue weighted by atomic mass is 16.5. The molecule has 0 saturated carbocycles. The summed E-state index contributed by atoms with van der Waals surface area (Å²) in [5.74, 6) is -2.67. The number of esters is 1. The van der Waals surface area contributed by atoms with Crippen molar-refractivity contribution < 1.29 is 19.1 Å². The van der Waals surface area contributed by atoms with E-state index in [0.717, 1.165) is 19.3 Å². The van der Waals surface area contributed by atoms with Crippen LogP contribution in [-0.2, 0) is 19.1 Å². The average Bonchev–Trinajstić information content (AvgIpc) is 2.18. The van der Waals surface area contributed by atoms with Crippen LogP contribution in [0.2, 0.25) is 0 Å². The lowest BCUT2D eigenvalue weighted by molar-refractivity contribution is -0.154. The highest BCUT2D eigenvalue weighted by molar-refractivity contribution is 6.16. The zero-order valence-corrected chi connectivity index (χ0v) is 10.2. The molecule has 0 bridgehead atoms. The molecule has 4 heteroatoms. The van der Waals surface area contributed by atoms with Crippen molar-refractivity contribution in [3.8, 4) is 0 Å². The number of ether oxygens (including phenoxy) is 1. The van der Waals surface area contributed by atoms with Crippen LogP contribution in [0.5, 0.6) is 0 Å². The second-order valence-electron chi connectivity index (χ2n) is 3.72. The highest BCUT2D eigenvalue weighted by Gasteiger charge is 2.31. The fourth-order valence-electron chi connectivity index (χ4n) is 1.44. The SMILES string of the molecule is CCCCCC(=O)C(C(C)=O)C(=O)OCC. The summed E-state index contributed by atoms with van der Waals surface area (Å²) in [6.45, 7) is 5.11. The maximum Gasteiger partial charge on any atom is 0.324 e. The molecule has 1 unspecified atom stereocenters. The summed E-state index contributed by atoms with van der Waals surface area (Å²) in [6, 6.07) is 0. The smallest absolute Gasteiger partial charge is 0.324 e. The van der Waals surface area contributed by atoms with Crippen LogP contribution in [0.25, 0.3) is 0 Å². The minimum absolute atomic E-state index is 0.185. The number of hydrogen-bond donors (Lipinski definition) is 0. The first kappa shape index (κ1) is 14.8. The number of hydrogen-bond acceptors (Lipinski definition) is 4. The zero-order chi connectivity index (χ0) is 12.6. The second-order valence-corrected chi connectivity index (χ2v) is 3.72. The number of carbonyl (C=O) groups is 3. The molecular formula is C12H20O4. The van der Waals surface area contributed by atoms with E-state index in [1.165, 1.54) is 6.92 Å². The molecule has 0 aromatic rings. The summed E-state index contributed by atoms with van der Waals surface area (Å²) >= 11 is 0. The molecule has 0 rings (SSSR count). The summed E-state index contributed by atoms with van der Waals surface area (Å²) in [7, 11) is 0. The van der Waals surface area contributed by atoms with Gasteiger partial charge in [0, 0.05) is 6.42 Å². The van der Waals surface area contributed by atoms with Gasteiger partial charge in [-0.05, 0) is 20.3 Å². The van der Waals surface area contributed by atoms with Gasteiger partial charge in [0.1, 0.15) is 0 Å². The largest absolute Gasteiger partial charge is 0.465 e. The van der Waals surface area contributed by atoms with Gasteiger partial charge >= 0.3 is 5.97 Å². The minimum atomic E-state index is -1.21. The molecule has 0 amide bonds. The van der Waals surface area contributed by atoms with E-state index in [4.69, 9.17) is 4.74 Å². The number of Topliss-reactive ketones (excluding diaryl/α,β-unsaturated/α-hetero) is 2. The predicted molar refractivity (Wildman–Crippen MR) is 60.0 cm³/mol. The number of carbonyl (C=O) groups excluding carboxylic acids is 3. The van der Waals surface area contributed by atoms with E-state index in [9.17, 15) is 14.4 Å². The van der Waals surface area contributed by atoms with Gasteiger partial charge < -0.3 is 4.74 Å². The van der Waals surface area contributed by atoms with Gasteiger partial charge in [0.15, 0.2) is 17.5 Å². The first-order chi connectivity index (χ1) is 7.54. The molecule has 0 aliphatic rings. The van der Waals surface area contributed by atoms with Crippen LogP contribution in [-0.4, -0.2) is 24.1 Å². The van der Waals surface area contributed by atoms with Crippen molar-refractivity contribution in [3.05, 3.63) is 0 Å². The Kier molecular flexibility index (Phi) is 7.42. The fourth-order valence-corrected chi connectivity index (χ4v) is 1.44. The Morgan fingerprint density at radius 1 is 1.12 bits per heavy atom. The molecular weight excluding hydrogens is 208 g/mol. The average molecular weight is 228 g/mol. The van der Waals surface area contributed by atoms with Crippen molar-refractivity contribution in [2.24, 2.45) is 5.92 Å². The van der Waals surface area contributed by atoms with Crippen LogP contribution >= 0.6 is 0 Å². The Labute approximate surface area is 96.4 Å². The number of ketones is 2. The summed E-state index contributed by atoms with van der Waals surface area (Å²) in [4.78, 5) is 34.3. The van der Waals surface area contributed by atoms with Crippen LogP contribution in [0.3, 0.4) is 0 Å². The van der Waals surface area contributed by atoms with Gasteiger partial charge in [0.2, 0.25) is 0 Å². The first-order valence-corrected chi connectivity index (χ1v) is 5.74. The normalized spacial score (nSPS) is 11.9. The van der Waals surface area contributed by atoms with Crippen LogP contribution in [0.1, 0.15) is 46.5 Å². The van der Waals surface area contributed by atoms with Crippen molar-refractivity contribution in [1.82, 2.24) is 0 Å². The molecule has 0 saturated heterocycles. The third kappa shape index (κ3) is 5.05. The van der Waals surface area contributed by atoms with E-state index in [1.807, 2.05) is 6.92 Å². The summed E-state index contributed by atoms with van der Waals surface area (Å²) in [5.41, 5.74) is 0. The molecule has 0 N–H and O–H groups in total. The molecule has 0 heterocycles. The quantitative estimate of drug-likeness (QED) is 0.361. The number of unbranched alkanes of at least 4 members (excludes halogenated alkanes) is 2. The molecule has 0 spiro atoms. The van der Waals surface area contributed by atoms with E-state index >= 15 is 0 Å². The lowest BCUT2D eigenvalue weighted by Gasteiger charge is -2.11. The zero-order valence-electron chi connectivity index (χ0n) is 10.2. The molecule has 0 aromatic heterocycles. The van der Waals surface area contributed by atoms with Crippen molar-refractivity contribution in [2.45, 2.75) is 46.5 Å². The Morgan fingerprint density at radius 3 is 2.19 bits per heavy atom. The molecule has 92 valence electrons. The van der Waals surface area contributed by atoms with Crippen LogP contribution in [0.4, 0.5) is 0 Å². The lowest BCUT2D eigenvalue weighted by Crippen LogP contribution is -2.32. The third-order valence-corrected chi connectivity index (χ3v) is 2.28. The molecule has 0 aromatic carbocycles. The second kappa shape index (κ2) is 8.02. The van der Waals surface area contributed by atoms with E-state index in [2.05, 4.69) is 0 Å². The summed E-state index contributed by atoms with van der Waals surface area (Å²) < 4.78 is 4.71. The molecule has 16 heavy (non-hydrogen) atoms. The molecule has 0 aliphatic heterocycles. The van der Waals surface area contributed by atoms with Gasteiger partial charge in [0.05, 0.1) is 6.61 Å². The number of rotatable bonds is 8. The van der Waals surface area contributed by atoms with Crippen molar-refractivity contribution >= 4 is 17.5 Å². The van der Waals surface area contributed by atoms with Gasteiger partial charge in [0.25, 0.3) is 0 Å². The first-order valence-electron chi connectivity index (χ1n) is 5.74. The Balaban J connectivity index is 4.36. The van der Waals surface area contributed by atoms with Gasteiger partial charge in [-0.2, -0.15) is 0 Å². The third-order valence-electron chi connectivity index (χ3n) is 2.28. The fraction of sp³-hybridized carbons (Fsp3) is 0.750. The maximum absolute atomic E-state index is 11.7. The van der Waals surface area contributed by atoms with E-state index in [1.54, 1.807) is 6.92 Å². The summed E-state index contributed by atoms with van der Waals surface area (Å²) in [5, 5.41) is 0. The Morgan fingerprint density at radius 2 is 1.75 bits per heavy atom. The molecule has 0 aliphatic carbocycles. The van der Waals surface area contributed by atoms with Gasteiger partial charge in [-0.15, -0.1) is 0 Å². The lowest BCUT2D eigenvalue weighted by atomic mass is 9.96. The minimum Gasteiger partial charge on any atom is -0.465 e. The standard InChI is InChI=1S/C12H20O4/c1-4-6-7-8-10(14)11(9(3)13)12(15)16-5-2/h11H,4-8H2,1-3H3. The van der Waals surface area contributed by atoms with Crippen LogP contribution in [0, 0.1) is 5.92 Å². The van der Waals surface area contributed by atoms with E-state index in [-0.39, 0.29) is 18.8 Å².